The standard InChI is InChI=1S/C20H22F2N2O3/c21-19(22)27-17-7-6-16(13-15(17)12-14-4-2-1-3-5-14)24-18(25)20(23)8-10-26-11-9-20/h1-7,13,19H,8-12,23H2,(H,24,25). The Bertz CT molecular complexity index is 778. The number of halogens is 2. The highest BCUT2D eigenvalue weighted by atomic mass is 19.3. The van der Waals surface area contributed by atoms with Crippen molar-refractivity contribution in [3.63, 3.8) is 0 Å². The van der Waals surface area contributed by atoms with E-state index in [1.165, 1.54) is 12.1 Å². The summed E-state index contributed by atoms with van der Waals surface area (Å²) >= 11 is 0. The van der Waals surface area contributed by atoms with E-state index >= 15 is 0 Å². The Morgan fingerprint density at radius 2 is 1.89 bits per heavy atom. The van der Waals surface area contributed by atoms with Crippen LogP contribution in [0.4, 0.5) is 14.5 Å². The molecule has 0 aliphatic carbocycles. The monoisotopic (exact) mass is 376 g/mol. The van der Waals surface area contributed by atoms with Gasteiger partial charge in [-0.05, 0) is 36.6 Å². The van der Waals surface area contributed by atoms with Crippen LogP contribution in [0.25, 0.3) is 0 Å². The molecule has 0 spiro atoms. The molecule has 0 unspecified atom stereocenters. The third-order valence-corrected chi connectivity index (χ3v) is 4.61. The van der Waals surface area contributed by atoms with Crippen LogP contribution < -0.4 is 15.8 Å². The van der Waals surface area contributed by atoms with Crippen molar-refractivity contribution in [3.05, 3.63) is 59.7 Å². The van der Waals surface area contributed by atoms with E-state index in [0.717, 1.165) is 5.56 Å². The van der Waals surface area contributed by atoms with Crippen LogP contribution >= 0.6 is 0 Å². The van der Waals surface area contributed by atoms with Gasteiger partial charge in [0.05, 0.1) is 0 Å². The summed E-state index contributed by atoms with van der Waals surface area (Å²) in [7, 11) is 0. The number of benzene rings is 2. The Kier molecular flexibility index (Phi) is 6.03. The van der Waals surface area contributed by atoms with Crippen molar-refractivity contribution in [2.24, 2.45) is 5.73 Å². The summed E-state index contributed by atoms with van der Waals surface area (Å²) in [6.07, 6.45) is 1.26. The van der Waals surface area contributed by atoms with E-state index in [0.29, 0.717) is 43.7 Å². The van der Waals surface area contributed by atoms with Crippen LogP contribution in [0.2, 0.25) is 0 Å². The normalized spacial score (nSPS) is 16.1. The summed E-state index contributed by atoms with van der Waals surface area (Å²) in [5, 5.41) is 2.80. The highest BCUT2D eigenvalue weighted by Gasteiger charge is 2.36. The maximum Gasteiger partial charge on any atom is 0.387 e. The summed E-state index contributed by atoms with van der Waals surface area (Å²) in [6, 6.07) is 14.0. The summed E-state index contributed by atoms with van der Waals surface area (Å²) in [6.45, 7) is -2.05. The molecule has 0 saturated carbocycles. The van der Waals surface area contributed by atoms with Gasteiger partial charge in [-0.1, -0.05) is 30.3 Å². The number of nitrogens with two attached hydrogens (primary N) is 1. The molecule has 1 saturated heterocycles. The Morgan fingerprint density at radius 1 is 1.19 bits per heavy atom. The van der Waals surface area contributed by atoms with Crippen LogP contribution in [-0.4, -0.2) is 31.3 Å². The van der Waals surface area contributed by atoms with Crippen molar-refractivity contribution >= 4 is 11.6 Å². The molecule has 0 bridgehead atoms. The predicted molar refractivity (Wildman–Crippen MR) is 97.9 cm³/mol. The fourth-order valence-electron chi connectivity index (χ4n) is 3.04. The van der Waals surface area contributed by atoms with Crippen LogP contribution in [0.1, 0.15) is 24.0 Å². The lowest BCUT2D eigenvalue weighted by Gasteiger charge is -2.31. The highest BCUT2D eigenvalue weighted by molar-refractivity contribution is 5.98. The van der Waals surface area contributed by atoms with E-state index in [1.807, 2.05) is 30.3 Å². The number of rotatable bonds is 6. The van der Waals surface area contributed by atoms with Crippen molar-refractivity contribution in [1.29, 1.82) is 0 Å². The summed E-state index contributed by atoms with van der Waals surface area (Å²) < 4.78 is 35.3. The van der Waals surface area contributed by atoms with Gasteiger partial charge < -0.3 is 20.5 Å². The van der Waals surface area contributed by atoms with Crippen molar-refractivity contribution in [2.75, 3.05) is 18.5 Å². The lowest BCUT2D eigenvalue weighted by atomic mass is 9.90. The molecular weight excluding hydrogens is 354 g/mol. The first-order valence-corrected chi connectivity index (χ1v) is 8.76. The van der Waals surface area contributed by atoms with Crippen LogP contribution in [-0.2, 0) is 16.0 Å². The van der Waals surface area contributed by atoms with Crippen LogP contribution in [0, 0.1) is 0 Å². The molecule has 7 heteroatoms. The first kappa shape index (κ1) is 19.3. The molecule has 5 nitrogen and oxygen atoms in total. The maximum absolute atomic E-state index is 12.7. The van der Waals surface area contributed by atoms with Gasteiger partial charge in [0.1, 0.15) is 11.3 Å². The van der Waals surface area contributed by atoms with Gasteiger partial charge >= 0.3 is 6.61 Å². The Labute approximate surface area is 156 Å². The number of hydrogen-bond donors (Lipinski definition) is 2. The van der Waals surface area contributed by atoms with Gasteiger partial charge in [0.2, 0.25) is 5.91 Å². The van der Waals surface area contributed by atoms with E-state index in [9.17, 15) is 13.6 Å². The molecule has 1 aliphatic heterocycles. The second-order valence-corrected chi connectivity index (χ2v) is 6.59. The second-order valence-electron chi connectivity index (χ2n) is 6.59. The first-order chi connectivity index (χ1) is 13.0. The fourth-order valence-corrected chi connectivity index (χ4v) is 3.04. The van der Waals surface area contributed by atoms with Gasteiger partial charge in [0, 0.05) is 30.9 Å². The predicted octanol–water partition coefficient (Wildman–Crippen LogP) is 3.33. The molecule has 1 amide bonds. The summed E-state index contributed by atoms with van der Waals surface area (Å²) in [5.41, 5.74) is 7.19. The average Bonchev–Trinajstić information content (AvgIpc) is 2.65. The number of alkyl halides is 2. The fraction of sp³-hybridized carbons (Fsp3) is 0.350. The van der Waals surface area contributed by atoms with E-state index < -0.39 is 12.2 Å². The minimum Gasteiger partial charge on any atom is -0.435 e. The van der Waals surface area contributed by atoms with Crippen molar-refractivity contribution in [2.45, 2.75) is 31.4 Å². The lowest BCUT2D eigenvalue weighted by Crippen LogP contribution is -2.54. The number of anilines is 1. The SMILES string of the molecule is NC1(C(=O)Nc2ccc(OC(F)F)c(Cc3ccccc3)c2)CCOCC1. The molecule has 3 N–H and O–H groups in total. The molecule has 1 heterocycles. The number of ether oxygens (including phenoxy) is 2. The van der Waals surface area contributed by atoms with Gasteiger partial charge in [-0.15, -0.1) is 0 Å². The molecule has 2 aromatic rings. The molecule has 3 rings (SSSR count). The van der Waals surface area contributed by atoms with Crippen molar-refractivity contribution in [3.8, 4) is 5.75 Å². The van der Waals surface area contributed by atoms with Crippen molar-refractivity contribution in [1.82, 2.24) is 0 Å². The third kappa shape index (κ3) is 5.02. The number of hydrogen-bond acceptors (Lipinski definition) is 4. The van der Waals surface area contributed by atoms with E-state index in [-0.39, 0.29) is 11.7 Å². The number of nitrogens with one attached hydrogen (secondary N) is 1. The van der Waals surface area contributed by atoms with Gasteiger partial charge in [0.15, 0.2) is 0 Å². The van der Waals surface area contributed by atoms with Gasteiger partial charge in [-0.3, -0.25) is 4.79 Å². The molecule has 27 heavy (non-hydrogen) atoms. The van der Waals surface area contributed by atoms with Gasteiger partial charge in [-0.25, -0.2) is 0 Å². The summed E-state index contributed by atoms with van der Waals surface area (Å²) in [4.78, 5) is 12.6. The van der Waals surface area contributed by atoms with Gasteiger partial charge in [0.25, 0.3) is 0 Å². The summed E-state index contributed by atoms with van der Waals surface area (Å²) in [5.74, 6) is -0.223. The van der Waals surface area contributed by atoms with Crippen LogP contribution in [0.15, 0.2) is 48.5 Å². The molecule has 2 aromatic carbocycles. The largest absolute Gasteiger partial charge is 0.435 e. The molecular formula is C20H22F2N2O3. The topological polar surface area (TPSA) is 73.6 Å². The van der Waals surface area contributed by atoms with E-state index in [1.54, 1.807) is 6.07 Å². The number of amides is 1. The molecule has 0 atom stereocenters. The lowest BCUT2D eigenvalue weighted by molar-refractivity contribution is -0.124. The van der Waals surface area contributed by atoms with Gasteiger partial charge in [-0.2, -0.15) is 8.78 Å². The number of carbonyl (C=O) groups excluding carboxylic acids is 1. The molecule has 1 aliphatic rings. The highest BCUT2D eigenvalue weighted by Crippen LogP contribution is 2.28. The zero-order valence-electron chi connectivity index (χ0n) is 14.8. The number of carbonyl (C=O) groups is 1. The maximum atomic E-state index is 12.7. The molecule has 1 fully saturated rings. The van der Waals surface area contributed by atoms with Crippen molar-refractivity contribution < 1.29 is 23.0 Å². The molecule has 0 radical (unpaired) electrons. The smallest absolute Gasteiger partial charge is 0.387 e. The zero-order valence-corrected chi connectivity index (χ0v) is 14.8. The van der Waals surface area contributed by atoms with E-state index in [4.69, 9.17) is 10.5 Å². The zero-order chi connectivity index (χ0) is 19.3. The molecule has 0 aromatic heterocycles. The second kappa shape index (κ2) is 8.45. The van der Waals surface area contributed by atoms with E-state index in [2.05, 4.69) is 10.1 Å². The minimum absolute atomic E-state index is 0.0837. The quantitative estimate of drug-likeness (QED) is 0.811. The first-order valence-electron chi connectivity index (χ1n) is 8.76. The average molecular weight is 376 g/mol. The Balaban J connectivity index is 1.81. The Morgan fingerprint density at radius 3 is 2.56 bits per heavy atom. The van der Waals surface area contributed by atoms with Crippen LogP contribution in [0.5, 0.6) is 5.75 Å². The Hall–Kier alpha value is -2.51. The van der Waals surface area contributed by atoms with Crippen LogP contribution in [0.3, 0.4) is 0 Å². The third-order valence-electron chi connectivity index (χ3n) is 4.61. The minimum atomic E-state index is -2.92. The molecule has 144 valence electrons.